The van der Waals surface area contributed by atoms with Crippen molar-refractivity contribution in [3.63, 3.8) is 0 Å². The molecule has 2 aliphatic carbocycles. The number of nitrogens with one attached hydrogen (secondary N) is 2. The lowest BCUT2D eigenvalue weighted by Crippen LogP contribution is -2.58. The van der Waals surface area contributed by atoms with Crippen molar-refractivity contribution in [2.24, 2.45) is 29.1 Å². The summed E-state index contributed by atoms with van der Waals surface area (Å²) in [6.45, 7) is 6.73. The van der Waals surface area contributed by atoms with Crippen molar-refractivity contribution in [3.8, 4) is 5.75 Å². The summed E-state index contributed by atoms with van der Waals surface area (Å²) in [5.41, 5.74) is 1.42. The zero-order valence-corrected chi connectivity index (χ0v) is 21.6. The molecule has 0 radical (unpaired) electrons. The number of hydrogen-bond donors (Lipinski definition) is 3. The fraction of sp³-hybridized carbons (Fsp3) is 0.571. The first kappa shape index (κ1) is 26.1. The normalized spacial score (nSPS) is 30.5. The predicted octanol–water partition coefficient (Wildman–Crippen LogP) is 3.36. The minimum Gasteiger partial charge on any atom is -0.497 e. The Hall–Kier alpha value is -3.00. The molecule has 0 bridgehead atoms. The minimum absolute atomic E-state index is 0.000776. The molecule has 2 amide bonds. The van der Waals surface area contributed by atoms with Crippen molar-refractivity contribution in [3.05, 3.63) is 54.1 Å². The van der Waals surface area contributed by atoms with E-state index in [9.17, 15) is 14.7 Å². The first-order valence-electron chi connectivity index (χ1n) is 12.9. The zero-order valence-electron chi connectivity index (χ0n) is 21.6. The lowest BCUT2D eigenvalue weighted by atomic mass is 9.51. The van der Waals surface area contributed by atoms with Crippen molar-refractivity contribution in [2.45, 2.75) is 65.1 Å². The lowest BCUT2D eigenvalue weighted by Gasteiger charge is -2.56. The molecule has 2 aliphatic rings. The third-order valence-corrected chi connectivity index (χ3v) is 8.71. The van der Waals surface area contributed by atoms with Gasteiger partial charge in [-0.15, -0.1) is 0 Å². The van der Waals surface area contributed by atoms with Crippen LogP contribution in [0.15, 0.2) is 43.0 Å². The highest BCUT2D eigenvalue weighted by molar-refractivity contribution is 5.93. The van der Waals surface area contributed by atoms with Crippen molar-refractivity contribution in [1.29, 1.82) is 0 Å². The third-order valence-electron chi connectivity index (χ3n) is 8.71. The van der Waals surface area contributed by atoms with E-state index in [0.29, 0.717) is 12.1 Å². The number of aromatic nitrogens is 2. The molecule has 7 atom stereocenters. The van der Waals surface area contributed by atoms with Crippen LogP contribution < -0.4 is 15.4 Å². The van der Waals surface area contributed by atoms with Gasteiger partial charge in [-0.3, -0.25) is 9.59 Å². The molecule has 8 nitrogen and oxygen atoms in total. The second-order valence-corrected chi connectivity index (χ2v) is 10.8. The number of aliphatic hydroxyl groups is 1. The highest BCUT2D eigenvalue weighted by Gasteiger charge is 2.53. The number of hydrogen-bond acceptors (Lipinski definition) is 6. The van der Waals surface area contributed by atoms with Gasteiger partial charge in [0, 0.05) is 30.9 Å². The maximum atomic E-state index is 13.1. The quantitative estimate of drug-likeness (QED) is 0.544. The van der Waals surface area contributed by atoms with E-state index in [1.54, 1.807) is 7.11 Å². The van der Waals surface area contributed by atoms with E-state index in [2.05, 4.69) is 34.4 Å². The van der Waals surface area contributed by atoms with E-state index < -0.39 is 6.10 Å². The van der Waals surface area contributed by atoms with Gasteiger partial charge in [0.05, 0.1) is 18.8 Å². The van der Waals surface area contributed by atoms with Gasteiger partial charge in [-0.1, -0.05) is 32.9 Å². The molecule has 1 aromatic carbocycles. The Morgan fingerprint density at radius 3 is 2.50 bits per heavy atom. The van der Waals surface area contributed by atoms with Crippen LogP contribution in [-0.2, 0) is 11.3 Å². The number of amides is 2. The largest absolute Gasteiger partial charge is 0.497 e. The molecule has 2 fully saturated rings. The van der Waals surface area contributed by atoms with E-state index in [-0.39, 0.29) is 46.9 Å². The van der Waals surface area contributed by atoms with Gasteiger partial charge in [0.1, 0.15) is 12.1 Å². The van der Waals surface area contributed by atoms with Gasteiger partial charge in [0.2, 0.25) is 5.91 Å². The summed E-state index contributed by atoms with van der Waals surface area (Å²) in [6.07, 6.45) is 7.39. The number of fused-ring (bicyclic) bond motifs is 1. The monoisotopic (exact) mass is 494 g/mol. The van der Waals surface area contributed by atoms with E-state index in [4.69, 9.17) is 4.74 Å². The van der Waals surface area contributed by atoms with Crippen LogP contribution in [-0.4, -0.2) is 46.1 Å². The van der Waals surface area contributed by atoms with Crippen molar-refractivity contribution >= 4 is 11.8 Å². The lowest BCUT2D eigenvalue weighted by molar-refractivity contribution is -0.142. The maximum Gasteiger partial charge on any atom is 0.254 e. The predicted molar refractivity (Wildman–Crippen MR) is 136 cm³/mol. The first-order valence-corrected chi connectivity index (χ1v) is 12.9. The van der Waals surface area contributed by atoms with E-state index in [0.717, 1.165) is 37.0 Å². The van der Waals surface area contributed by atoms with Gasteiger partial charge in [0.15, 0.2) is 0 Å². The molecule has 0 aliphatic heterocycles. The van der Waals surface area contributed by atoms with Gasteiger partial charge >= 0.3 is 0 Å². The number of aliphatic hydroxyl groups excluding tert-OH is 1. The van der Waals surface area contributed by atoms with Crippen LogP contribution >= 0.6 is 0 Å². The Bertz CT molecular complexity index is 1050. The second kappa shape index (κ2) is 10.9. The molecule has 0 saturated heterocycles. The summed E-state index contributed by atoms with van der Waals surface area (Å²) in [5, 5.41) is 17.8. The number of carbonyl (C=O) groups excluding carboxylic acids is 2. The molecular formula is C28H38N4O4. The topological polar surface area (TPSA) is 113 Å². The highest BCUT2D eigenvalue weighted by atomic mass is 16.5. The second-order valence-electron chi connectivity index (χ2n) is 10.8. The fourth-order valence-electron chi connectivity index (χ4n) is 6.45. The molecule has 1 aromatic heterocycles. The molecule has 2 aromatic rings. The molecule has 4 rings (SSSR count). The first-order chi connectivity index (χ1) is 17.2. The fourth-order valence-corrected chi connectivity index (χ4v) is 6.45. The Morgan fingerprint density at radius 1 is 1.17 bits per heavy atom. The average molecular weight is 495 g/mol. The molecule has 3 N–H and O–H groups in total. The molecule has 0 unspecified atom stereocenters. The number of nitrogens with zero attached hydrogens (tertiary/aromatic N) is 2. The smallest absolute Gasteiger partial charge is 0.254 e. The summed E-state index contributed by atoms with van der Waals surface area (Å²) in [6, 6.07) is 7.57. The van der Waals surface area contributed by atoms with Crippen LogP contribution in [0.2, 0.25) is 0 Å². The van der Waals surface area contributed by atoms with Gasteiger partial charge < -0.3 is 20.5 Å². The number of benzene rings is 1. The highest BCUT2D eigenvalue weighted by Crippen LogP contribution is 2.55. The average Bonchev–Trinajstić information content (AvgIpc) is 2.89. The van der Waals surface area contributed by atoms with Crippen LogP contribution in [0.1, 0.15) is 62.4 Å². The Balaban J connectivity index is 1.40. The van der Waals surface area contributed by atoms with Crippen molar-refractivity contribution < 1.29 is 19.4 Å². The minimum atomic E-state index is -0.611. The van der Waals surface area contributed by atoms with Crippen LogP contribution in [0.3, 0.4) is 0 Å². The van der Waals surface area contributed by atoms with Gasteiger partial charge in [-0.2, -0.15) is 0 Å². The number of methoxy groups -OCH3 is 1. The maximum absolute atomic E-state index is 13.1. The van der Waals surface area contributed by atoms with Crippen LogP contribution in [0, 0.1) is 29.1 Å². The van der Waals surface area contributed by atoms with E-state index in [1.165, 1.54) is 18.7 Å². The molecule has 2 saturated carbocycles. The molecular weight excluding hydrogens is 456 g/mol. The third kappa shape index (κ3) is 5.38. The standard InChI is InChI=1S/C28H38N4O4/c1-17(26(34)31-13-19-5-7-21(36-4)8-6-19)22-9-11-28(3)12-10-23(18(2)24(28)25(22)33)32-27(35)20-14-29-16-30-15-20/h5-8,14-18,22-25,33H,9-13H2,1-4H3,(H,31,34)(H,32,35)/t17-,18+,22+,23-,24+,25-,28-/m0/s1. The number of ether oxygens (including phenoxy) is 1. The van der Waals surface area contributed by atoms with Gasteiger partial charge in [-0.25, -0.2) is 9.97 Å². The molecule has 194 valence electrons. The summed E-state index contributed by atoms with van der Waals surface area (Å²) in [4.78, 5) is 33.7. The summed E-state index contributed by atoms with van der Waals surface area (Å²) in [7, 11) is 1.63. The Morgan fingerprint density at radius 2 is 1.83 bits per heavy atom. The van der Waals surface area contributed by atoms with Crippen LogP contribution in [0.5, 0.6) is 5.75 Å². The molecule has 8 heteroatoms. The molecule has 36 heavy (non-hydrogen) atoms. The van der Waals surface area contributed by atoms with E-state index >= 15 is 0 Å². The SMILES string of the molecule is COc1ccc(CNC(=O)[C@@H](C)[C@H]2CC[C@@]3(C)CC[C@H](NC(=O)c4cncnc4)[C@@H](C)[C@@H]3[C@H]2O)cc1. The summed E-state index contributed by atoms with van der Waals surface area (Å²) in [5.74, 6) is 0.175. The van der Waals surface area contributed by atoms with Crippen LogP contribution in [0.4, 0.5) is 0 Å². The van der Waals surface area contributed by atoms with Crippen molar-refractivity contribution in [1.82, 2.24) is 20.6 Å². The van der Waals surface area contributed by atoms with Gasteiger partial charge in [0.25, 0.3) is 5.91 Å². The van der Waals surface area contributed by atoms with E-state index in [1.807, 2.05) is 31.2 Å². The number of rotatable bonds is 7. The Kier molecular flexibility index (Phi) is 7.93. The molecule has 1 heterocycles. The molecule has 0 spiro atoms. The summed E-state index contributed by atoms with van der Waals surface area (Å²) >= 11 is 0. The number of carbonyl (C=O) groups is 2. The zero-order chi connectivity index (χ0) is 25.9. The Labute approximate surface area is 213 Å². The van der Waals surface area contributed by atoms with Gasteiger partial charge in [-0.05, 0) is 66.5 Å². The van der Waals surface area contributed by atoms with Crippen molar-refractivity contribution in [2.75, 3.05) is 7.11 Å². The summed E-state index contributed by atoms with van der Waals surface area (Å²) < 4.78 is 5.19. The van der Waals surface area contributed by atoms with Crippen LogP contribution in [0.25, 0.3) is 0 Å².